The smallest absolute Gasteiger partial charge is 0.280 e. The molecule has 3 rings (SSSR count). The summed E-state index contributed by atoms with van der Waals surface area (Å²) in [4.78, 5) is 15.4. The van der Waals surface area contributed by atoms with E-state index in [1.165, 1.54) is 5.01 Å². The molecule has 1 heterocycles. The number of hydrazone groups is 1. The quantitative estimate of drug-likeness (QED) is 0.211. The van der Waals surface area contributed by atoms with E-state index in [9.17, 15) is 17.8 Å². The third-order valence-corrected chi connectivity index (χ3v) is 5.98. The summed E-state index contributed by atoms with van der Waals surface area (Å²) in [6.45, 7) is 7.01. The molecule has 2 aromatic carbocycles. The lowest BCUT2D eigenvalue weighted by atomic mass is 10.1. The molecule has 37 heavy (non-hydrogen) atoms. The Hall–Kier alpha value is -3.25. The molecule has 0 fully saturated rings. The van der Waals surface area contributed by atoms with Crippen molar-refractivity contribution in [2.24, 2.45) is 5.10 Å². The number of nitrogens with zero attached hydrogens (tertiary/aromatic N) is 4. The van der Waals surface area contributed by atoms with Crippen molar-refractivity contribution in [2.45, 2.75) is 13.8 Å². The van der Waals surface area contributed by atoms with Gasteiger partial charge in [-0.15, -0.1) is 0 Å². The summed E-state index contributed by atoms with van der Waals surface area (Å²) in [5.74, 6) is 0.674. The molecule has 0 saturated heterocycles. The summed E-state index contributed by atoms with van der Waals surface area (Å²) in [7, 11) is 4.64. The van der Waals surface area contributed by atoms with Crippen LogP contribution in [0.2, 0.25) is 0 Å². The maximum absolute atomic E-state index is 13.0. The SMILES string of the molecule is CCN(CC[N+](C)(C)C)c1ccc(N2N=C(C)/C(=C\c3ccc(OC)cc3)C2=O)cc1.COS(=O)(=O)[O-]. The Morgan fingerprint density at radius 1 is 1.05 bits per heavy atom. The van der Waals surface area contributed by atoms with Crippen LogP contribution in [-0.4, -0.2) is 84.1 Å². The molecule has 2 aromatic rings. The van der Waals surface area contributed by atoms with E-state index in [4.69, 9.17) is 4.74 Å². The highest BCUT2D eigenvalue weighted by Gasteiger charge is 2.28. The van der Waals surface area contributed by atoms with Crippen LogP contribution in [0.1, 0.15) is 19.4 Å². The van der Waals surface area contributed by atoms with Gasteiger partial charge < -0.3 is 18.7 Å². The predicted molar refractivity (Wildman–Crippen MR) is 146 cm³/mol. The van der Waals surface area contributed by atoms with Gasteiger partial charge in [0.25, 0.3) is 5.91 Å². The van der Waals surface area contributed by atoms with Crippen LogP contribution in [-0.2, 0) is 19.4 Å². The number of quaternary nitrogens is 1. The van der Waals surface area contributed by atoms with Crippen molar-refractivity contribution in [1.29, 1.82) is 0 Å². The van der Waals surface area contributed by atoms with Crippen molar-refractivity contribution in [3.05, 3.63) is 59.7 Å². The van der Waals surface area contributed by atoms with Gasteiger partial charge in [0.2, 0.25) is 10.4 Å². The molecule has 11 heteroatoms. The Morgan fingerprint density at radius 3 is 2.08 bits per heavy atom. The van der Waals surface area contributed by atoms with Gasteiger partial charge in [0, 0.05) is 12.2 Å². The topological polar surface area (TPSA) is 112 Å². The molecule has 202 valence electrons. The van der Waals surface area contributed by atoms with Gasteiger partial charge in [0.15, 0.2) is 0 Å². The second-order valence-corrected chi connectivity index (χ2v) is 10.5. The van der Waals surface area contributed by atoms with Crippen molar-refractivity contribution in [3.63, 3.8) is 0 Å². The molecule has 0 N–H and O–H groups in total. The maximum atomic E-state index is 13.0. The minimum absolute atomic E-state index is 0.113. The molecule has 0 aromatic heterocycles. The van der Waals surface area contributed by atoms with Crippen molar-refractivity contribution < 1.29 is 31.2 Å². The number of hydrogen-bond acceptors (Lipinski definition) is 8. The fourth-order valence-electron chi connectivity index (χ4n) is 3.42. The van der Waals surface area contributed by atoms with Crippen LogP contribution in [0.4, 0.5) is 11.4 Å². The lowest BCUT2D eigenvalue weighted by molar-refractivity contribution is -0.868. The van der Waals surface area contributed by atoms with Crippen LogP contribution < -0.4 is 14.6 Å². The first-order chi connectivity index (χ1) is 17.3. The minimum atomic E-state index is -4.41. The number of benzene rings is 2. The Kier molecular flexibility index (Phi) is 10.4. The van der Waals surface area contributed by atoms with Gasteiger partial charge in [-0.1, -0.05) is 12.1 Å². The third-order valence-electron chi connectivity index (χ3n) is 5.58. The number of ether oxygens (including phenoxy) is 1. The summed E-state index contributed by atoms with van der Waals surface area (Å²) >= 11 is 0. The van der Waals surface area contributed by atoms with Gasteiger partial charge in [-0.25, -0.2) is 8.42 Å². The lowest BCUT2D eigenvalue weighted by Crippen LogP contribution is -2.42. The zero-order chi connectivity index (χ0) is 27.8. The van der Waals surface area contributed by atoms with Crippen molar-refractivity contribution in [3.8, 4) is 5.75 Å². The number of hydrogen-bond donors (Lipinski definition) is 0. The molecule has 0 aliphatic carbocycles. The second kappa shape index (κ2) is 12.8. The van der Waals surface area contributed by atoms with E-state index in [1.54, 1.807) is 7.11 Å². The van der Waals surface area contributed by atoms with Crippen LogP contribution >= 0.6 is 0 Å². The summed E-state index contributed by atoms with van der Waals surface area (Å²) in [6, 6.07) is 15.7. The average Bonchev–Trinajstić information content (AvgIpc) is 3.13. The molecule has 1 aliphatic heterocycles. The van der Waals surface area contributed by atoms with Gasteiger partial charge in [-0.2, -0.15) is 10.1 Å². The Balaban J connectivity index is 0.000000717. The number of amides is 1. The predicted octanol–water partition coefficient (Wildman–Crippen LogP) is 3.13. The number of rotatable bonds is 9. The monoisotopic (exact) mass is 532 g/mol. The number of methoxy groups -OCH3 is 1. The molecular weight excluding hydrogens is 496 g/mol. The lowest BCUT2D eigenvalue weighted by Gasteiger charge is -2.29. The molecule has 0 spiro atoms. The Bertz CT molecular complexity index is 1220. The van der Waals surface area contributed by atoms with Crippen LogP contribution in [0.5, 0.6) is 5.75 Å². The fourth-order valence-corrected chi connectivity index (χ4v) is 3.42. The highest BCUT2D eigenvalue weighted by atomic mass is 32.3. The molecule has 0 radical (unpaired) electrons. The molecule has 0 bridgehead atoms. The Labute approximate surface area is 219 Å². The third kappa shape index (κ3) is 9.29. The van der Waals surface area contributed by atoms with E-state index in [2.05, 4.69) is 54.4 Å². The van der Waals surface area contributed by atoms with E-state index in [-0.39, 0.29) is 5.91 Å². The molecule has 1 aliphatic rings. The highest BCUT2D eigenvalue weighted by molar-refractivity contribution is 7.80. The summed E-state index contributed by atoms with van der Waals surface area (Å²) in [6.07, 6.45) is 1.87. The second-order valence-electron chi connectivity index (χ2n) is 9.32. The van der Waals surface area contributed by atoms with Crippen LogP contribution in [0.3, 0.4) is 0 Å². The fraction of sp³-hybridized carbons (Fsp3) is 0.385. The standard InChI is InChI=1S/C25H33N4O2.CH4O4S/c1-7-27(16-17-29(3,4)5)21-10-12-22(13-11-21)28-25(30)24(19(2)26-28)18-20-8-14-23(31-6)15-9-20;1-5-6(2,3)4/h8-15,18H,7,16-17H2,1-6H3;1H3,(H,2,3,4)/q+1;/p-1/b24-18+;. The minimum Gasteiger partial charge on any atom is -0.726 e. The van der Waals surface area contributed by atoms with Gasteiger partial charge in [-0.05, 0) is 61.9 Å². The average molecular weight is 533 g/mol. The summed E-state index contributed by atoms with van der Waals surface area (Å²) in [5.41, 5.74) is 4.18. The van der Waals surface area contributed by atoms with Gasteiger partial charge in [0.05, 0.1) is 65.4 Å². The molecule has 1 amide bonds. The van der Waals surface area contributed by atoms with Gasteiger partial charge in [0.1, 0.15) is 5.75 Å². The summed E-state index contributed by atoms with van der Waals surface area (Å²) in [5, 5.41) is 5.99. The highest BCUT2D eigenvalue weighted by Crippen LogP contribution is 2.27. The maximum Gasteiger partial charge on any atom is 0.280 e. The van der Waals surface area contributed by atoms with Gasteiger partial charge >= 0.3 is 0 Å². The number of carbonyl (C=O) groups excluding carboxylic acids is 1. The molecule has 0 unspecified atom stereocenters. The zero-order valence-electron chi connectivity index (χ0n) is 22.5. The van der Waals surface area contributed by atoms with Crippen LogP contribution in [0.15, 0.2) is 59.2 Å². The van der Waals surface area contributed by atoms with E-state index in [0.29, 0.717) is 11.3 Å². The van der Waals surface area contributed by atoms with Crippen molar-refractivity contribution in [1.82, 2.24) is 0 Å². The molecule has 0 saturated carbocycles. The van der Waals surface area contributed by atoms with Crippen LogP contribution in [0, 0.1) is 0 Å². The normalized spacial score (nSPS) is 14.8. The van der Waals surface area contributed by atoms with Gasteiger partial charge in [-0.3, -0.25) is 8.98 Å². The number of carbonyl (C=O) groups is 1. The largest absolute Gasteiger partial charge is 0.726 e. The number of likely N-dealkylation sites (N-methyl/N-ethyl adjacent to an activating group) is 2. The van der Waals surface area contributed by atoms with E-state index >= 15 is 0 Å². The van der Waals surface area contributed by atoms with E-state index in [1.807, 2.05) is 49.4 Å². The first kappa shape index (κ1) is 30.0. The molecule has 0 atom stereocenters. The zero-order valence-corrected chi connectivity index (χ0v) is 23.3. The van der Waals surface area contributed by atoms with E-state index < -0.39 is 10.4 Å². The molecule has 10 nitrogen and oxygen atoms in total. The first-order valence-corrected chi connectivity index (χ1v) is 13.0. The Morgan fingerprint density at radius 2 is 1.62 bits per heavy atom. The van der Waals surface area contributed by atoms with E-state index in [0.717, 1.165) is 53.9 Å². The number of anilines is 2. The van der Waals surface area contributed by atoms with Crippen LogP contribution in [0.25, 0.3) is 6.08 Å². The van der Waals surface area contributed by atoms with Crippen molar-refractivity contribution >= 4 is 39.5 Å². The van der Waals surface area contributed by atoms with Crippen molar-refractivity contribution in [2.75, 3.05) is 64.9 Å². The summed E-state index contributed by atoms with van der Waals surface area (Å²) < 4.78 is 37.1. The first-order valence-electron chi connectivity index (χ1n) is 11.7. The molecular formula is C26H36N4O6S.